The van der Waals surface area contributed by atoms with Gasteiger partial charge in [0, 0.05) is 23.5 Å². The number of aromatic carboxylic acids is 1. The molecule has 0 unspecified atom stereocenters. The van der Waals surface area contributed by atoms with Gasteiger partial charge in [-0.2, -0.15) is 0 Å². The summed E-state index contributed by atoms with van der Waals surface area (Å²) < 4.78 is 12.7. The average molecular weight is 395 g/mol. The fourth-order valence-electron chi connectivity index (χ4n) is 3.42. The molecule has 0 bridgehead atoms. The van der Waals surface area contributed by atoms with Gasteiger partial charge in [0.1, 0.15) is 17.2 Å². The summed E-state index contributed by atoms with van der Waals surface area (Å²) in [4.78, 5) is 22.8. The number of aromatic nitrogens is 1. The number of carbonyl (C=O) groups is 2. The van der Waals surface area contributed by atoms with Gasteiger partial charge in [-0.1, -0.05) is 12.1 Å². The second-order valence-corrected chi connectivity index (χ2v) is 7.23. The van der Waals surface area contributed by atoms with Crippen LogP contribution in [-0.2, 0) is 11.8 Å². The topological polar surface area (TPSA) is 98.0 Å². The highest BCUT2D eigenvalue weighted by Crippen LogP contribution is 2.37. The predicted octanol–water partition coefficient (Wildman–Crippen LogP) is 3.80. The maximum absolute atomic E-state index is 12.0. The van der Waals surface area contributed by atoms with E-state index in [1.807, 2.05) is 24.3 Å². The van der Waals surface area contributed by atoms with Gasteiger partial charge < -0.3 is 24.3 Å². The van der Waals surface area contributed by atoms with Gasteiger partial charge in [-0.15, -0.1) is 0 Å². The molecule has 2 N–H and O–H groups in total. The van der Waals surface area contributed by atoms with Crippen LogP contribution < -0.4 is 9.47 Å². The van der Waals surface area contributed by atoms with E-state index in [0.717, 1.165) is 11.3 Å². The van der Waals surface area contributed by atoms with Crippen LogP contribution in [0.15, 0.2) is 42.5 Å². The first-order valence-corrected chi connectivity index (χ1v) is 9.37. The van der Waals surface area contributed by atoms with Crippen LogP contribution >= 0.6 is 0 Å². The number of ether oxygens (including phenoxy) is 2. The number of nitrogens with zero attached hydrogens (tertiary/aromatic N) is 1. The highest BCUT2D eigenvalue weighted by atomic mass is 16.5. The van der Waals surface area contributed by atoms with Crippen molar-refractivity contribution < 1.29 is 29.3 Å². The molecule has 0 spiro atoms. The molecule has 7 nitrogen and oxygen atoms in total. The molecule has 0 aliphatic heterocycles. The van der Waals surface area contributed by atoms with Crippen LogP contribution in [0.5, 0.6) is 11.5 Å². The highest BCUT2D eigenvalue weighted by Gasteiger charge is 2.23. The number of hydrogen-bond donors (Lipinski definition) is 2. The zero-order valence-corrected chi connectivity index (χ0v) is 15.9. The smallest absolute Gasteiger partial charge is 0.353 e. The molecule has 1 aliphatic rings. The first kappa shape index (κ1) is 18.9. The van der Waals surface area contributed by atoms with Crippen LogP contribution in [0.1, 0.15) is 23.3 Å². The maximum atomic E-state index is 12.0. The molecule has 7 heteroatoms. The van der Waals surface area contributed by atoms with Crippen LogP contribution in [0.25, 0.3) is 22.0 Å². The summed E-state index contributed by atoms with van der Waals surface area (Å²) >= 11 is 0. The first-order chi connectivity index (χ1) is 13.9. The van der Waals surface area contributed by atoms with Crippen LogP contribution in [0.4, 0.5) is 0 Å². The Morgan fingerprint density at radius 3 is 2.34 bits per heavy atom. The number of aryl methyl sites for hydroxylation is 1. The number of hydrogen-bond acceptors (Lipinski definition) is 4. The molecule has 1 aliphatic carbocycles. The van der Waals surface area contributed by atoms with E-state index < -0.39 is 18.5 Å². The molecule has 29 heavy (non-hydrogen) atoms. The standard InChI is InChI=1S/C22H21NO6/c1-23-18-9-8-16(29-12-19(24)25)10-17(18)20(21(23)22(26)27)14-4-6-15(7-5-14)28-11-13-2-3-13/h4-10,13H,2-3,11-12H2,1H3,(H,24,25)(H,26,27). The quantitative estimate of drug-likeness (QED) is 0.602. The van der Waals surface area contributed by atoms with Crippen LogP contribution in [-0.4, -0.2) is 39.9 Å². The van der Waals surface area contributed by atoms with E-state index in [0.29, 0.717) is 34.7 Å². The van der Waals surface area contributed by atoms with Crippen molar-refractivity contribution in [1.82, 2.24) is 4.57 Å². The predicted molar refractivity (Wildman–Crippen MR) is 107 cm³/mol. The van der Waals surface area contributed by atoms with Crippen molar-refractivity contribution in [1.29, 1.82) is 0 Å². The summed E-state index contributed by atoms with van der Waals surface area (Å²) in [5.74, 6) is -0.348. The lowest BCUT2D eigenvalue weighted by Gasteiger charge is -2.08. The zero-order chi connectivity index (χ0) is 20.5. The lowest BCUT2D eigenvalue weighted by atomic mass is 10.0. The normalized spacial score (nSPS) is 13.4. The highest BCUT2D eigenvalue weighted by molar-refractivity contribution is 6.08. The zero-order valence-electron chi connectivity index (χ0n) is 15.9. The molecule has 0 radical (unpaired) electrons. The minimum absolute atomic E-state index is 0.155. The monoisotopic (exact) mass is 395 g/mol. The van der Waals surface area contributed by atoms with Gasteiger partial charge in [-0.05, 0) is 54.7 Å². The molecular weight excluding hydrogens is 374 g/mol. The van der Waals surface area contributed by atoms with Crippen molar-refractivity contribution in [2.24, 2.45) is 13.0 Å². The molecule has 150 valence electrons. The second kappa shape index (κ2) is 7.50. The molecule has 1 fully saturated rings. The van der Waals surface area contributed by atoms with Crippen molar-refractivity contribution in [3.8, 4) is 22.6 Å². The van der Waals surface area contributed by atoms with Gasteiger partial charge in [0.2, 0.25) is 0 Å². The molecule has 0 atom stereocenters. The number of fused-ring (bicyclic) bond motifs is 1. The summed E-state index contributed by atoms with van der Waals surface area (Å²) in [5.41, 5.74) is 2.17. The third kappa shape index (κ3) is 3.89. The van der Waals surface area contributed by atoms with Gasteiger partial charge in [-0.3, -0.25) is 0 Å². The van der Waals surface area contributed by atoms with Gasteiger partial charge in [0.15, 0.2) is 6.61 Å². The van der Waals surface area contributed by atoms with E-state index >= 15 is 0 Å². The Hall–Kier alpha value is -3.48. The van der Waals surface area contributed by atoms with Crippen molar-refractivity contribution in [2.75, 3.05) is 13.2 Å². The van der Waals surface area contributed by atoms with E-state index in [1.165, 1.54) is 12.8 Å². The van der Waals surface area contributed by atoms with Crippen molar-refractivity contribution in [3.63, 3.8) is 0 Å². The van der Waals surface area contributed by atoms with E-state index in [2.05, 4.69) is 0 Å². The SMILES string of the molecule is Cn1c(C(=O)O)c(-c2ccc(OCC3CC3)cc2)c2cc(OCC(=O)O)ccc21. The summed E-state index contributed by atoms with van der Waals surface area (Å²) in [6.07, 6.45) is 2.42. The lowest BCUT2D eigenvalue weighted by molar-refractivity contribution is -0.139. The Balaban J connectivity index is 1.75. The van der Waals surface area contributed by atoms with Crippen molar-refractivity contribution in [3.05, 3.63) is 48.2 Å². The Labute approximate surface area is 167 Å². The average Bonchev–Trinajstić information content (AvgIpc) is 3.48. The third-order valence-corrected chi connectivity index (χ3v) is 5.06. The van der Waals surface area contributed by atoms with E-state index in [4.69, 9.17) is 14.6 Å². The van der Waals surface area contributed by atoms with E-state index in [1.54, 1.807) is 29.8 Å². The largest absolute Gasteiger partial charge is 0.493 e. The van der Waals surface area contributed by atoms with E-state index in [9.17, 15) is 14.7 Å². The molecule has 4 rings (SSSR count). The number of carboxylic acid groups (broad SMARTS) is 2. The first-order valence-electron chi connectivity index (χ1n) is 9.37. The molecule has 1 heterocycles. The van der Waals surface area contributed by atoms with Crippen LogP contribution in [0.2, 0.25) is 0 Å². The van der Waals surface area contributed by atoms with Crippen molar-refractivity contribution in [2.45, 2.75) is 12.8 Å². The minimum atomic E-state index is -1.08. The summed E-state index contributed by atoms with van der Waals surface area (Å²) in [6.45, 7) is 0.241. The number of aliphatic carboxylic acids is 1. The van der Waals surface area contributed by atoms with Gasteiger partial charge in [-0.25, -0.2) is 9.59 Å². The van der Waals surface area contributed by atoms with Crippen molar-refractivity contribution >= 4 is 22.8 Å². The van der Waals surface area contributed by atoms with Gasteiger partial charge >= 0.3 is 11.9 Å². The minimum Gasteiger partial charge on any atom is -0.493 e. The Kier molecular flexibility index (Phi) is 4.88. The summed E-state index contributed by atoms with van der Waals surface area (Å²) in [5, 5.41) is 19.3. The van der Waals surface area contributed by atoms with Crippen LogP contribution in [0.3, 0.4) is 0 Å². The molecule has 0 amide bonds. The van der Waals surface area contributed by atoms with E-state index in [-0.39, 0.29) is 5.69 Å². The fraction of sp³-hybridized carbons (Fsp3) is 0.273. The second-order valence-electron chi connectivity index (χ2n) is 7.23. The Morgan fingerprint density at radius 1 is 1.03 bits per heavy atom. The molecule has 2 aromatic carbocycles. The van der Waals surface area contributed by atoms with Crippen LogP contribution in [0, 0.1) is 5.92 Å². The molecule has 0 saturated heterocycles. The molecular formula is C22H21NO6. The van der Waals surface area contributed by atoms with Gasteiger partial charge in [0.05, 0.1) is 6.61 Å². The maximum Gasteiger partial charge on any atom is 0.353 e. The third-order valence-electron chi connectivity index (χ3n) is 5.06. The fourth-order valence-corrected chi connectivity index (χ4v) is 3.42. The molecule has 3 aromatic rings. The Bertz CT molecular complexity index is 1080. The Morgan fingerprint density at radius 2 is 1.72 bits per heavy atom. The lowest BCUT2D eigenvalue weighted by Crippen LogP contribution is -2.09. The number of carboxylic acids is 2. The number of benzene rings is 2. The molecule has 1 saturated carbocycles. The van der Waals surface area contributed by atoms with Gasteiger partial charge in [0.25, 0.3) is 0 Å². The summed E-state index contributed by atoms with van der Waals surface area (Å²) in [7, 11) is 1.69. The number of rotatable bonds is 8. The molecule has 1 aromatic heterocycles. The summed E-state index contributed by atoms with van der Waals surface area (Å²) in [6, 6.07) is 12.4.